The van der Waals surface area contributed by atoms with Gasteiger partial charge in [0, 0.05) is 5.56 Å². The number of para-hydroxylation sites is 1. The van der Waals surface area contributed by atoms with Gasteiger partial charge < -0.3 is 14.2 Å². The molecule has 1 fully saturated rings. The van der Waals surface area contributed by atoms with E-state index in [1.165, 1.54) is 35.9 Å². The maximum absolute atomic E-state index is 12.9. The number of rotatable bonds is 8. The first-order valence-corrected chi connectivity index (χ1v) is 11.6. The zero-order valence-electron chi connectivity index (χ0n) is 18.5. The van der Waals surface area contributed by atoms with Crippen LogP contribution in [-0.4, -0.2) is 36.2 Å². The van der Waals surface area contributed by atoms with Gasteiger partial charge in [0.1, 0.15) is 12.0 Å². The third-order valence-corrected chi connectivity index (χ3v) is 6.19. The summed E-state index contributed by atoms with van der Waals surface area (Å²) in [6, 6.07) is 20.5. The van der Waals surface area contributed by atoms with E-state index in [0.717, 1.165) is 0 Å². The van der Waals surface area contributed by atoms with E-state index in [-0.39, 0.29) is 12.5 Å². The molecule has 0 aromatic heterocycles. The summed E-state index contributed by atoms with van der Waals surface area (Å²) < 4.78 is 16.6. The number of thiocarbonyl (C=S) groups is 1. The van der Waals surface area contributed by atoms with Gasteiger partial charge in [0.15, 0.2) is 22.4 Å². The Morgan fingerprint density at radius 3 is 2.40 bits per heavy atom. The lowest BCUT2D eigenvalue weighted by molar-refractivity contribution is -0.136. The van der Waals surface area contributed by atoms with Crippen molar-refractivity contribution in [2.24, 2.45) is 0 Å². The number of methoxy groups -OCH3 is 1. The fourth-order valence-electron chi connectivity index (χ4n) is 3.22. The zero-order valence-corrected chi connectivity index (χ0v) is 20.1. The van der Waals surface area contributed by atoms with Gasteiger partial charge in [0.25, 0.3) is 5.91 Å². The molecule has 0 aliphatic carbocycles. The average molecular weight is 506 g/mol. The van der Waals surface area contributed by atoms with Crippen LogP contribution < -0.4 is 19.1 Å². The average Bonchev–Trinajstić information content (AvgIpc) is 3.16. The van der Waals surface area contributed by atoms with Crippen molar-refractivity contribution in [3.05, 3.63) is 88.8 Å². The highest BCUT2D eigenvalue weighted by atomic mass is 32.2. The van der Waals surface area contributed by atoms with Gasteiger partial charge in [0.2, 0.25) is 0 Å². The molecule has 1 saturated heterocycles. The Morgan fingerprint density at radius 1 is 1.00 bits per heavy atom. The van der Waals surface area contributed by atoms with Gasteiger partial charge in [-0.25, -0.2) is 4.79 Å². The molecular weight excluding hydrogens is 486 g/mol. The SMILES string of the molecule is COc1cc(C=C2SC(=S)N(c3ccccc3)C2=O)ccc1OCC(=O)Oc1ccc(C=O)cc1. The zero-order chi connectivity index (χ0) is 24.8. The Hall–Kier alpha value is -3.95. The van der Waals surface area contributed by atoms with Crippen molar-refractivity contribution < 1.29 is 28.6 Å². The van der Waals surface area contributed by atoms with Crippen molar-refractivity contribution in [2.45, 2.75) is 0 Å². The maximum atomic E-state index is 12.9. The molecule has 7 nitrogen and oxygen atoms in total. The highest BCUT2D eigenvalue weighted by molar-refractivity contribution is 8.27. The first kappa shape index (κ1) is 24.2. The van der Waals surface area contributed by atoms with E-state index >= 15 is 0 Å². The van der Waals surface area contributed by atoms with E-state index in [2.05, 4.69) is 0 Å². The third kappa shape index (κ3) is 5.76. The molecule has 9 heteroatoms. The Morgan fingerprint density at radius 2 is 1.71 bits per heavy atom. The van der Waals surface area contributed by atoms with Gasteiger partial charge >= 0.3 is 5.97 Å². The van der Waals surface area contributed by atoms with Crippen LogP contribution in [0.5, 0.6) is 17.2 Å². The molecule has 35 heavy (non-hydrogen) atoms. The van der Waals surface area contributed by atoms with Crippen LogP contribution in [0.25, 0.3) is 6.08 Å². The molecule has 4 rings (SSSR count). The second-order valence-electron chi connectivity index (χ2n) is 7.21. The summed E-state index contributed by atoms with van der Waals surface area (Å²) in [6.45, 7) is -0.346. The number of hydrogen-bond acceptors (Lipinski definition) is 8. The second kappa shape index (κ2) is 11.0. The van der Waals surface area contributed by atoms with Crippen LogP contribution in [0.2, 0.25) is 0 Å². The topological polar surface area (TPSA) is 82.1 Å². The van der Waals surface area contributed by atoms with Gasteiger partial charge in [-0.2, -0.15) is 0 Å². The Balaban J connectivity index is 1.43. The first-order chi connectivity index (χ1) is 17.0. The van der Waals surface area contributed by atoms with E-state index in [1.807, 2.05) is 30.3 Å². The summed E-state index contributed by atoms with van der Waals surface area (Å²) in [4.78, 5) is 37.8. The van der Waals surface area contributed by atoms with Crippen LogP contribution in [0.1, 0.15) is 15.9 Å². The summed E-state index contributed by atoms with van der Waals surface area (Å²) in [5.74, 6) is 0.225. The molecular formula is C26H19NO6S2. The molecule has 0 atom stereocenters. The van der Waals surface area contributed by atoms with Crippen LogP contribution in [-0.2, 0) is 9.59 Å². The summed E-state index contributed by atoms with van der Waals surface area (Å²) in [7, 11) is 1.48. The second-order valence-corrected chi connectivity index (χ2v) is 8.89. The monoisotopic (exact) mass is 505 g/mol. The van der Waals surface area contributed by atoms with E-state index in [1.54, 1.807) is 36.4 Å². The van der Waals surface area contributed by atoms with Crippen LogP contribution in [0.3, 0.4) is 0 Å². The Kier molecular flexibility index (Phi) is 7.59. The smallest absolute Gasteiger partial charge is 0.349 e. The van der Waals surface area contributed by atoms with E-state index in [9.17, 15) is 14.4 Å². The molecule has 0 N–H and O–H groups in total. The van der Waals surface area contributed by atoms with Gasteiger partial charge in [-0.05, 0) is 60.2 Å². The van der Waals surface area contributed by atoms with Crippen LogP contribution in [0, 0.1) is 0 Å². The van der Waals surface area contributed by atoms with E-state index in [4.69, 9.17) is 26.4 Å². The van der Waals surface area contributed by atoms with Crippen molar-refractivity contribution in [1.29, 1.82) is 0 Å². The Bertz CT molecular complexity index is 1310. The number of benzene rings is 3. The molecule has 1 aliphatic heterocycles. The quantitative estimate of drug-likeness (QED) is 0.141. The van der Waals surface area contributed by atoms with Gasteiger partial charge in [0.05, 0.1) is 17.7 Å². The predicted octanol–water partition coefficient (Wildman–Crippen LogP) is 4.90. The molecule has 0 radical (unpaired) electrons. The molecule has 1 amide bonds. The molecule has 0 spiro atoms. The number of thioether (sulfide) groups is 1. The number of hydrogen-bond donors (Lipinski definition) is 0. The van der Waals surface area contributed by atoms with Crippen LogP contribution in [0.4, 0.5) is 5.69 Å². The van der Waals surface area contributed by atoms with Gasteiger partial charge in [-0.1, -0.05) is 48.2 Å². The van der Waals surface area contributed by atoms with Crippen molar-refractivity contribution in [3.63, 3.8) is 0 Å². The van der Waals surface area contributed by atoms with E-state index in [0.29, 0.717) is 49.6 Å². The van der Waals surface area contributed by atoms with Crippen molar-refractivity contribution in [1.82, 2.24) is 0 Å². The number of carbonyl (C=O) groups excluding carboxylic acids is 3. The minimum Gasteiger partial charge on any atom is -0.493 e. The fourth-order valence-corrected chi connectivity index (χ4v) is 4.52. The third-order valence-electron chi connectivity index (χ3n) is 4.89. The number of amides is 1. The minimum atomic E-state index is -0.612. The lowest BCUT2D eigenvalue weighted by Crippen LogP contribution is -2.27. The summed E-state index contributed by atoms with van der Waals surface area (Å²) in [5, 5.41) is 0. The molecule has 1 heterocycles. The predicted molar refractivity (Wildman–Crippen MR) is 138 cm³/mol. The number of carbonyl (C=O) groups is 3. The maximum Gasteiger partial charge on any atom is 0.349 e. The highest BCUT2D eigenvalue weighted by Gasteiger charge is 2.33. The van der Waals surface area contributed by atoms with Crippen LogP contribution in [0.15, 0.2) is 77.7 Å². The van der Waals surface area contributed by atoms with Crippen molar-refractivity contribution >= 4 is 58.2 Å². The highest BCUT2D eigenvalue weighted by Crippen LogP contribution is 2.37. The number of anilines is 1. The Labute approximate surface area is 211 Å². The summed E-state index contributed by atoms with van der Waals surface area (Å²) >= 11 is 6.63. The number of aldehydes is 1. The molecule has 176 valence electrons. The minimum absolute atomic E-state index is 0.200. The number of esters is 1. The normalized spacial score (nSPS) is 14.2. The summed E-state index contributed by atoms with van der Waals surface area (Å²) in [6.07, 6.45) is 2.43. The fraction of sp³-hybridized carbons (Fsp3) is 0.0769. The molecule has 3 aromatic carbocycles. The lowest BCUT2D eigenvalue weighted by atomic mass is 10.2. The van der Waals surface area contributed by atoms with Crippen molar-refractivity contribution in [2.75, 3.05) is 18.6 Å². The molecule has 1 aliphatic rings. The molecule has 0 unspecified atom stereocenters. The number of ether oxygens (including phenoxy) is 3. The lowest BCUT2D eigenvalue weighted by Gasteiger charge is -2.13. The largest absolute Gasteiger partial charge is 0.493 e. The standard InChI is InChI=1S/C26H19NO6S2/c1-31-22-13-18(14-23-25(30)27(26(34)35-23)19-5-3-2-4-6-19)9-12-21(22)32-16-24(29)33-20-10-7-17(15-28)8-11-20/h2-15H,16H2,1H3. The van der Waals surface area contributed by atoms with E-state index < -0.39 is 5.97 Å². The van der Waals surface area contributed by atoms with Crippen molar-refractivity contribution in [3.8, 4) is 17.2 Å². The molecule has 3 aromatic rings. The van der Waals surface area contributed by atoms with Crippen LogP contribution >= 0.6 is 24.0 Å². The number of nitrogens with zero attached hydrogens (tertiary/aromatic N) is 1. The first-order valence-electron chi connectivity index (χ1n) is 10.4. The van der Waals surface area contributed by atoms with Gasteiger partial charge in [-0.3, -0.25) is 14.5 Å². The van der Waals surface area contributed by atoms with Gasteiger partial charge in [-0.15, -0.1) is 0 Å². The summed E-state index contributed by atoms with van der Waals surface area (Å²) in [5.41, 5.74) is 1.90. The molecule has 0 saturated carbocycles. The molecule has 0 bridgehead atoms.